The summed E-state index contributed by atoms with van der Waals surface area (Å²) in [6.45, 7) is 0. The first-order valence-corrected chi connectivity index (χ1v) is 6.95. The molecule has 4 aromatic rings. The Bertz CT molecular complexity index is 1040. The van der Waals surface area contributed by atoms with Crippen molar-refractivity contribution >= 4 is 22.1 Å². The second-order valence-corrected chi connectivity index (χ2v) is 5.12. The lowest BCUT2D eigenvalue weighted by atomic mass is 10.0. The van der Waals surface area contributed by atoms with Gasteiger partial charge in [0.1, 0.15) is 11.6 Å². The third kappa shape index (κ3) is 1.66. The molecule has 2 heterocycles. The van der Waals surface area contributed by atoms with E-state index in [9.17, 15) is 5.26 Å². The van der Waals surface area contributed by atoms with Gasteiger partial charge in [0.2, 0.25) is 0 Å². The molecular weight excluding hydrogens is 272 g/mol. The van der Waals surface area contributed by atoms with E-state index in [1.54, 1.807) is 4.52 Å². The van der Waals surface area contributed by atoms with Crippen molar-refractivity contribution in [2.45, 2.75) is 0 Å². The maximum Gasteiger partial charge on any atom is 0.164 e. The van der Waals surface area contributed by atoms with Crippen LogP contribution >= 0.6 is 0 Å². The molecule has 0 aliphatic rings. The Hall–Kier alpha value is -3.32. The number of nitrogens with zero attached hydrogens (tertiary/aromatic N) is 3. The molecule has 0 saturated heterocycles. The summed E-state index contributed by atoms with van der Waals surface area (Å²) in [5.41, 5.74) is 9.09. The topological polar surface area (TPSA) is 67.1 Å². The highest BCUT2D eigenvalue weighted by Gasteiger charge is 2.16. The molecule has 4 heteroatoms. The smallest absolute Gasteiger partial charge is 0.164 e. The van der Waals surface area contributed by atoms with Gasteiger partial charge < -0.3 is 5.73 Å². The van der Waals surface area contributed by atoms with Crippen molar-refractivity contribution in [3.8, 4) is 17.3 Å². The van der Waals surface area contributed by atoms with Gasteiger partial charge in [0.05, 0.1) is 11.2 Å². The SMILES string of the molecule is N#Cc1c(N)nn2c(-c3ccccc3)cc3ccccc3c12. The second-order valence-electron chi connectivity index (χ2n) is 5.12. The molecule has 2 N–H and O–H groups in total. The molecule has 0 amide bonds. The molecule has 4 rings (SSSR count). The minimum Gasteiger partial charge on any atom is -0.381 e. The van der Waals surface area contributed by atoms with Gasteiger partial charge in [-0.2, -0.15) is 5.26 Å². The fourth-order valence-corrected chi connectivity index (χ4v) is 2.83. The first-order valence-electron chi connectivity index (χ1n) is 6.95. The summed E-state index contributed by atoms with van der Waals surface area (Å²) < 4.78 is 1.77. The first-order chi connectivity index (χ1) is 10.8. The van der Waals surface area contributed by atoms with Crippen LogP contribution in [0, 0.1) is 11.3 Å². The monoisotopic (exact) mass is 284 g/mol. The molecule has 0 atom stereocenters. The number of hydrogen-bond donors (Lipinski definition) is 1. The number of pyridine rings is 1. The van der Waals surface area contributed by atoms with Crippen molar-refractivity contribution in [3.05, 3.63) is 66.2 Å². The van der Waals surface area contributed by atoms with E-state index >= 15 is 0 Å². The van der Waals surface area contributed by atoms with Crippen LogP contribution in [0.5, 0.6) is 0 Å². The van der Waals surface area contributed by atoms with E-state index in [1.165, 1.54) is 0 Å². The average Bonchev–Trinajstić information content (AvgIpc) is 2.91. The number of hydrogen-bond acceptors (Lipinski definition) is 3. The van der Waals surface area contributed by atoms with E-state index in [2.05, 4.69) is 17.2 Å². The molecule has 0 fully saturated rings. The van der Waals surface area contributed by atoms with Crippen molar-refractivity contribution in [1.82, 2.24) is 9.61 Å². The van der Waals surface area contributed by atoms with Gasteiger partial charge in [-0.1, -0.05) is 54.6 Å². The standard InChI is InChI=1S/C18H12N4/c19-11-15-17-14-9-5-4-8-13(14)10-16(22(17)21-18(15)20)12-6-2-1-3-7-12/h1-10H,(H2,20,21). The number of nitrogens with two attached hydrogens (primary N) is 1. The van der Waals surface area contributed by atoms with Crippen LogP contribution in [0.15, 0.2) is 60.7 Å². The Kier molecular flexibility index (Phi) is 2.60. The van der Waals surface area contributed by atoms with Gasteiger partial charge in [-0.3, -0.25) is 0 Å². The Morgan fingerprint density at radius 3 is 2.50 bits per heavy atom. The van der Waals surface area contributed by atoms with E-state index in [-0.39, 0.29) is 5.82 Å². The Balaban J connectivity index is 2.24. The molecule has 104 valence electrons. The van der Waals surface area contributed by atoms with Gasteiger partial charge >= 0.3 is 0 Å². The minimum atomic E-state index is 0.260. The van der Waals surface area contributed by atoms with Crippen LogP contribution in [-0.2, 0) is 0 Å². The number of fused-ring (bicyclic) bond motifs is 3. The van der Waals surface area contributed by atoms with E-state index in [0.29, 0.717) is 5.56 Å². The molecule has 0 bridgehead atoms. The molecule has 0 radical (unpaired) electrons. The molecule has 0 aliphatic heterocycles. The molecule has 0 spiro atoms. The summed E-state index contributed by atoms with van der Waals surface area (Å²) >= 11 is 0. The third-order valence-corrected chi connectivity index (χ3v) is 3.83. The van der Waals surface area contributed by atoms with Crippen molar-refractivity contribution < 1.29 is 0 Å². The van der Waals surface area contributed by atoms with Crippen LogP contribution in [0.1, 0.15) is 5.56 Å². The molecule has 0 aliphatic carbocycles. The summed E-state index contributed by atoms with van der Waals surface area (Å²) in [4.78, 5) is 0. The van der Waals surface area contributed by atoms with E-state index in [4.69, 9.17) is 5.73 Å². The predicted molar refractivity (Wildman–Crippen MR) is 87.3 cm³/mol. The number of nitriles is 1. The lowest BCUT2D eigenvalue weighted by molar-refractivity contribution is 0.982. The summed E-state index contributed by atoms with van der Waals surface area (Å²) in [7, 11) is 0. The maximum atomic E-state index is 9.44. The minimum absolute atomic E-state index is 0.260. The van der Waals surface area contributed by atoms with E-state index in [0.717, 1.165) is 27.5 Å². The Morgan fingerprint density at radius 2 is 1.73 bits per heavy atom. The summed E-state index contributed by atoms with van der Waals surface area (Å²) in [5.74, 6) is 0.260. The molecule has 0 unspecified atom stereocenters. The van der Waals surface area contributed by atoms with Crippen LogP contribution in [0.25, 0.3) is 27.5 Å². The van der Waals surface area contributed by atoms with Gasteiger partial charge in [0.15, 0.2) is 5.82 Å². The second kappa shape index (κ2) is 4.61. The fraction of sp³-hybridized carbons (Fsp3) is 0. The highest BCUT2D eigenvalue weighted by atomic mass is 15.3. The molecular formula is C18H12N4. The molecule has 2 aromatic heterocycles. The van der Waals surface area contributed by atoms with Gasteiger partial charge in [0.25, 0.3) is 0 Å². The average molecular weight is 284 g/mol. The predicted octanol–water partition coefficient (Wildman–Crippen LogP) is 3.61. The molecule has 4 nitrogen and oxygen atoms in total. The normalized spacial score (nSPS) is 10.9. The number of rotatable bonds is 1. The summed E-state index contributed by atoms with van der Waals surface area (Å²) in [6, 6.07) is 22.2. The maximum absolute atomic E-state index is 9.44. The quantitative estimate of drug-likeness (QED) is 0.580. The lowest BCUT2D eigenvalue weighted by Crippen LogP contribution is -1.96. The summed E-state index contributed by atoms with van der Waals surface area (Å²) in [5, 5.41) is 15.9. The third-order valence-electron chi connectivity index (χ3n) is 3.83. The number of nitrogen functional groups attached to an aromatic ring is 1. The molecule has 0 saturated carbocycles. The van der Waals surface area contributed by atoms with Crippen LogP contribution in [0.3, 0.4) is 0 Å². The lowest BCUT2D eigenvalue weighted by Gasteiger charge is -2.08. The van der Waals surface area contributed by atoms with Gasteiger partial charge in [0, 0.05) is 10.9 Å². The van der Waals surface area contributed by atoms with E-state index < -0.39 is 0 Å². The van der Waals surface area contributed by atoms with Gasteiger partial charge in [-0.05, 0) is 11.5 Å². The van der Waals surface area contributed by atoms with Crippen molar-refractivity contribution in [2.75, 3.05) is 5.73 Å². The molecule has 22 heavy (non-hydrogen) atoms. The zero-order chi connectivity index (χ0) is 15.1. The van der Waals surface area contributed by atoms with Crippen LogP contribution in [0.4, 0.5) is 5.82 Å². The van der Waals surface area contributed by atoms with Crippen LogP contribution < -0.4 is 5.73 Å². The molecule has 2 aromatic carbocycles. The van der Waals surface area contributed by atoms with Gasteiger partial charge in [-0.15, -0.1) is 5.10 Å². The highest BCUT2D eigenvalue weighted by molar-refractivity contribution is 6.02. The van der Waals surface area contributed by atoms with Crippen LogP contribution in [-0.4, -0.2) is 9.61 Å². The Labute approximate surface area is 127 Å². The fourth-order valence-electron chi connectivity index (χ4n) is 2.83. The van der Waals surface area contributed by atoms with Crippen molar-refractivity contribution in [1.29, 1.82) is 5.26 Å². The highest BCUT2D eigenvalue weighted by Crippen LogP contribution is 2.31. The van der Waals surface area contributed by atoms with Crippen LogP contribution in [0.2, 0.25) is 0 Å². The number of aromatic nitrogens is 2. The largest absolute Gasteiger partial charge is 0.381 e. The zero-order valence-electron chi connectivity index (χ0n) is 11.7. The number of anilines is 1. The van der Waals surface area contributed by atoms with Crippen molar-refractivity contribution in [2.24, 2.45) is 0 Å². The number of benzene rings is 2. The van der Waals surface area contributed by atoms with E-state index in [1.807, 2.05) is 54.6 Å². The Morgan fingerprint density at radius 1 is 1.00 bits per heavy atom. The zero-order valence-corrected chi connectivity index (χ0v) is 11.7. The van der Waals surface area contributed by atoms with Crippen molar-refractivity contribution in [3.63, 3.8) is 0 Å². The summed E-state index contributed by atoms with van der Waals surface area (Å²) in [6.07, 6.45) is 0. The van der Waals surface area contributed by atoms with Gasteiger partial charge in [-0.25, -0.2) is 4.52 Å². The first kappa shape index (κ1) is 12.4.